The van der Waals surface area contributed by atoms with Crippen LogP contribution in [0.1, 0.15) is 49.6 Å². The molecule has 1 N–H and O–H groups in total. The highest BCUT2D eigenvalue weighted by molar-refractivity contribution is 5.46. The Balaban J connectivity index is 1.84. The van der Waals surface area contributed by atoms with Crippen LogP contribution in [0.2, 0.25) is 0 Å². The van der Waals surface area contributed by atoms with Gasteiger partial charge < -0.3 is 5.32 Å². The van der Waals surface area contributed by atoms with Crippen molar-refractivity contribution in [2.75, 3.05) is 5.32 Å². The molecule has 7 heteroatoms. The van der Waals surface area contributed by atoms with Crippen molar-refractivity contribution in [1.82, 2.24) is 19.7 Å². The first-order chi connectivity index (χ1) is 11.4. The lowest BCUT2D eigenvalue weighted by molar-refractivity contribution is -0.0361. The van der Waals surface area contributed by atoms with E-state index in [1.807, 2.05) is 26.8 Å². The van der Waals surface area contributed by atoms with E-state index < -0.39 is 5.92 Å². The third kappa shape index (κ3) is 3.55. The zero-order valence-corrected chi connectivity index (χ0v) is 14.3. The molecule has 2 heterocycles. The molecule has 0 spiro atoms. The number of rotatable bonds is 4. The molecule has 0 aliphatic heterocycles. The van der Waals surface area contributed by atoms with E-state index in [0.29, 0.717) is 18.8 Å². The van der Waals surface area contributed by atoms with E-state index in [1.165, 1.54) is 0 Å². The molecule has 0 amide bonds. The second-order valence-electron chi connectivity index (χ2n) is 6.51. The maximum atomic E-state index is 13.3. The van der Waals surface area contributed by atoms with Gasteiger partial charge in [0.05, 0.1) is 5.69 Å². The van der Waals surface area contributed by atoms with Gasteiger partial charge >= 0.3 is 0 Å². The summed E-state index contributed by atoms with van der Waals surface area (Å²) in [5.74, 6) is -1.29. The lowest BCUT2D eigenvalue weighted by Crippen LogP contribution is -2.32. The van der Waals surface area contributed by atoms with Crippen molar-refractivity contribution in [3.63, 3.8) is 0 Å². The fourth-order valence-electron chi connectivity index (χ4n) is 3.09. The van der Waals surface area contributed by atoms with E-state index >= 15 is 0 Å². The highest BCUT2D eigenvalue weighted by atomic mass is 19.3. The van der Waals surface area contributed by atoms with Crippen molar-refractivity contribution in [3.8, 4) is 5.95 Å². The second-order valence-corrected chi connectivity index (χ2v) is 6.51. The molecule has 1 saturated carbocycles. The quantitative estimate of drug-likeness (QED) is 0.922. The van der Waals surface area contributed by atoms with Crippen molar-refractivity contribution in [3.05, 3.63) is 29.2 Å². The minimum Gasteiger partial charge on any atom is -0.367 e. The molecule has 24 heavy (non-hydrogen) atoms. The van der Waals surface area contributed by atoms with Crippen LogP contribution in [-0.2, 0) is 6.42 Å². The van der Waals surface area contributed by atoms with Gasteiger partial charge in [0.1, 0.15) is 5.82 Å². The molecular formula is C17H23F2N5. The van der Waals surface area contributed by atoms with Crippen LogP contribution >= 0.6 is 0 Å². The van der Waals surface area contributed by atoms with Crippen LogP contribution in [0.15, 0.2) is 12.3 Å². The Morgan fingerprint density at radius 2 is 2.00 bits per heavy atom. The average molecular weight is 335 g/mol. The summed E-state index contributed by atoms with van der Waals surface area (Å²) in [5, 5.41) is 7.76. The monoisotopic (exact) mass is 335 g/mol. The lowest BCUT2D eigenvalue weighted by Gasteiger charge is -2.29. The smallest absolute Gasteiger partial charge is 0.252 e. The van der Waals surface area contributed by atoms with Crippen molar-refractivity contribution in [1.29, 1.82) is 0 Å². The van der Waals surface area contributed by atoms with Gasteiger partial charge in [-0.15, -0.1) is 0 Å². The number of aromatic nitrogens is 4. The van der Waals surface area contributed by atoms with Crippen molar-refractivity contribution in [2.45, 2.75) is 64.8 Å². The molecular weight excluding hydrogens is 312 g/mol. The van der Waals surface area contributed by atoms with Gasteiger partial charge in [0.25, 0.3) is 5.95 Å². The van der Waals surface area contributed by atoms with E-state index in [-0.39, 0.29) is 18.9 Å². The van der Waals surface area contributed by atoms with Gasteiger partial charge in [-0.3, -0.25) is 0 Å². The van der Waals surface area contributed by atoms with Gasteiger partial charge in [-0.05, 0) is 39.2 Å². The van der Waals surface area contributed by atoms with Gasteiger partial charge in [-0.1, -0.05) is 6.92 Å². The number of hydrogen-bond donors (Lipinski definition) is 1. The van der Waals surface area contributed by atoms with Gasteiger partial charge in [-0.25, -0.2) is 18.4 Å². The minimum atomic E-state index is -2.52. The number of anilines is 1. The third-order valence-electron chi connectivity index (χ3n) is 4.49. The number of nitrogens with one attached hydrogen (secondary N) is 1. The molecule has 0 unspecified atom stereocenters. The maximum Gasteiger partial charge on any atom is 0.252 e. The molecule has 0 aromatic carbocycles. The molecule has 1 aliphatic rings. The van der Waals surface area contributed by atoms with Crippen LogP contribution in [0.4, 0.5) is 14.6 Å². The molecule has 0 atom stereocenters. The third-order valence-corrected chi connectivity index (χ3v) is 4.49. The summed E-state index contributed by atoms with van der Waals surface area (Å²) in [6, 6.07) is 1.99. The standard InChI is InChI=1S/C17H23F2N5/c1-4-13-10-20-16(24-12(3)9-11(2)23-24)22-15(13)21-14-5-7-17(18,19)8-6-14/h9-10,14H,4-8H2,1-3H3,(H,20,21,22). The minimum absolute atomic E-state index is 0.0260. The van der Waals surface area contributed by atoms with Crippen LogP contribution < -0.4 is 5.32 Å². The fourth-order valence-corrected chi connectivity index (χ4v) is 3.09. The van der Waals surface area contributed by atoms with E-state index in [9.17, 15) is 8.78 Å². The highest BCUT2D eigenvalue weighted by Gasteiger charge is 2.35. The molecule has 2 aromatic rings. The number of aryl methyl sites for hydroxylation is 3. The Bertz CT molecular complexity index is 716. The molecule has 0 radical (unpaired) electrons. The molecule has 3 rings (SSSR count). The average Bonchev–Trinajstić information content (AvgIpc) is 2.88. The van der Waals surface area contributed by atoms with Gasteiger partial charge in [0, 0.05) is 36.3 Å². The van der Waals surface area contributed by atoms with Crippen LogP contribution in [0, 0.1) is 13.8 Å². The SMILES string of the molecule is CCc1cnc(-n2nc(C)cc2C)nc1NC1CCC(F)(F)CC1. The first-order valence-electron chi connectivity index (χ1n) is 8.42. The van der Waals surface area contributed by atoms with Gasteiger partial charge in [-0.2, -0.15) is 10.1 Å². The van der Waals surface area contributed by atoms with E-state index in [1.54, 1.807) is 10.9 Å². The van der Waals surface area contributed by atoms with Crippen LogP contribution in [0.25, 0.3) is 5.95 Å². The van der Waals surface area contributed by atoms with E-state index in [2.05, 4.69) is 20.4 Å². The van der Waals surface area contributed by atoms with E-state index in [4.69, 9.17) is 0 Å². The lowest BCUT2D eigenvalue weighted by atomic mass is 9.92. The molecule has 1 fully saturated rings. The number of alkyl halides is 2. The predicted molar refractivity (Wildman–Crippen MR) is 88.8 cm³/mol. The number of hydrogen-bond acceptors (Lipinski definition) is 4. The molecule has 5 nitrogen and oxygen atoms in total. The Morgan fingerprint density at radius 1 is 1.29 bits per heavy atom. The van der Waals surface area contributed by atoms with Crippen molar-refractivity contribution < 1.29 is 8.78 Å². The summed E-state index contributed by atoms with van der Waals surface area (Å²) < 4.78 is 28.4. The predicted octanol–water partition coefficient (Wildman–Crippen LogP) is 3.83. The summed E-state index contributed by atoms with van der Waals surface area (Å²) in [6.07, 6.45) is 3.34. The first kappa shape index (κ1) is 16.8. The summed E-state index contributed by atoms with van der Waals surface area (Å²) in [7, 11) is 0. The molecule has 0 saturated heterocycles. The normalized spacial score (nSPS) is 17.9. The molecule has 0 bridgehead atoms. The second kappa shape index (κ2) is 6.45. The zero-order chi connectivity index (χ0) is 17.3. The number of nitrogens with zero attached hydrogens (tertiary/aromatic N) is 4. The van der Waals surface area contributed by atoms with Crippen LogP contribution in [-0.4, -0.2) is 31.7 Å². The van der Waals surface area contributed by atoms with E-state index in [0.717, 1.165) is 29.2 Å². The summed E-state index contributed by atoms with van der Waals surface area (Å²) in [4.78, 5) is 9.01. The Morgan fingerprint density at radius 3 is 2.58 bits per heavy atom. The Kier molecular flexibility index (Phi) is 4.51. The summed E-state index contributed by atoms with van der Waals surface area (Å²) >= 11 is 0. The van der Waals surface area contributed by atoms with Crippen LogP contribution in [0.5, 0.6) is 0 Å². The molecule has 2 aromatic heterocycles. The first-order valence-corrected chi connectivity index (χ1v) is 8.42. The van der Waals surface area contributed by atoms with Crippen molar-refractivity contribution >= 4 is 5.82 Å². The summed E-state index contributed by atoms with van der Waals surface area (Å²) in [6.45, 7) is 5.90. The highest BCUT2D eigenvalue weighted by Crippen LogP contribution is 2.34. The molecule has 1 aliphatic carbocycles. The van der Waals surface area contributed by atoms with Gasteiger partial charge in [0.15, 0.2) is 0 Å². The number of halogens is 2. The maximum absolute atomic E-state index is 13.3. The largest absolute Gasteiger partial charge is 0.367 e. The van der Waals surface area contributed by atoms with Crippen LogP contribution in [0.3, 0.4) is 0 Å². The van der Waals surface area contributed by atoms with Crippen molar-refractivity contribution in [2.24, 2.45) is 0 Å². The Hall–Kier alpha value is -2.05. The Labute approximate surface area is 140 Å². The van der Waals surface area contributed by atoms with Gasteiger partial charge in [0.2, 0.25) is 5.92 Å². The fraction of sp³-hybridized carbons (Fsp3) is 0.588. The molecule has 130 valence electrons. The topological polar surface area (TPSA) is 55.6 Å². The summed E-state index contributed by atoms with van der Waals surface area (Å²) in [5.41, 5.74) is 2.84. The zero-order valence-electron chi connectivity index (χ0n) is 14.3.